The Bertz CT molecular complexity index is 856. The maximum atomic E-state index is 12.6. The quantitative estimate of drug-likeness (QED) is 0.674. The van der Waals surface area contributed by atoms with E-state index in [1.165, 1.54) is 0 Å². The predicted octanol–water partition coefficient (Wildman–Crippen LogP) is 2.22. The summed E-state index contributed by atoms with van der Waals surface area (Å²) in [5, 5.41) is 23.0. The Labute approximate surface area is 140 Å². The normalized spacial score (nSPS) is 12.2. The van der Waals surface area contributed by atoms with E-state index in [1.54, 1.807) is 29.8 Å². The first kappa shape index (κ1) is 16.1. The lowest BCUT2D eigenvalue weighted by atomic mass is 10.1. The Kier molecular flexibility index (Phi) is 4.53. The Morgan fingerprint density at radius 3 is 2.58 bits per heavy atom. The first-order valence-electron chi connectivity index (χ1n) is 7.83. The average Bonchev–Trinajstić information content (AvgIpc) is 2.94. The Hall–Kier alpha value is -2.79. The largest absolute Gasteiger partial charge is 0.507 e. The van der Waals surface area contributed by atoms with Crippen molar-refractivity contribution in [2.24, 2.45) is 7.05 Å². The molecule has 1 heterocycles. The second-order valence-corrected chi connectivity index (χ2v) is 5.84. The second kappa shape index (κ2) is 6.76. The molecule has 24 heavy (non-hydrogen) atoms. The molecule has 1 amide bonds. The van der Waals surface area contributed by atoms with Crippen LogP contribution in [0.4, 0.5) is 0 Å². The van der Waals surface area contributed by atoms with Gasteiger partial charge in [-0.2, -0.15) is 0 Å². The highest BCUT2D eigenvalue weighted by Gasteiger charge is 2.18. The summed E-state index contributed by atoms with van der Waals surface area (Å²) >= 11 is 0. The maximum absolute atomic E-state index is 12.6. The number of nitrogens with one attached hydrogen (secondary N) is 1. The van der Waals surface area contributed by atoms with Crippen LogP contribution in [0.5, 0.6) is 5.75 Å². The number of fused-ring (bicyclic) bond motifs is 1. The molecule has 3 aromatic rings. The number of carbonyl (C=O) groups excluding carboxylic acids is 1. The first-order chi connectivity index (χ1) is 11.6. The highest BCUT2D eigenvalue weighted by atomic mass is 16.3. The van der Waals surface area contributed by atoms with E-state index in [0.717, 1.165) is 11.1 Å². The van der Waals surface area contributed by atoms with Gasteiger partial charge in [-0.3, -0.25) is 4.79 Å². The number of nitrogens with zero attached hydrogens (tertiary/aromatic N) is 1. The van der Waals surface area contributed by atoms with Crippen LogP contribution in [0.2, 0.25) is 0 Å². The summed E-state index contributed by atoms with van der Waals surface area (Å²) in [5.41, 5.74) is 2.27. The number of phenolic OH excluding ortho intramolecular Hbond substituents is 1. The summed E-state index contributed by atoms with van der Waals surface area (Å²) in [6.07, 6.45) is 0.554. The lowest BCUT2D eigenvalue weighted by Gasteiger charge is -2.16. The Balaban J connectivity index is 1.81. The van der Waals surface area contributed by atoms with Crippen molar-refractivity contribution in [2.75, 3.05) is 6.61 Å². The maximum Gasteiger partial charge on any atom is 0.268 e. The fraction of sp³-hybridized carbons (Fsp3) is 0.211. The zero-order valence-corrected chi connectivity index (χ0v) is 13.4. The molecule has 5 nitrogen and oxygen atoms in total. The number of aromatic hydroxyl groups is 1. The van der Waals surface area contributed by atoms with Crippen molar-refractivity contribution in [1.82, 2.24) is 9.88 Å². The standard InChI is InChI=1S/C19H20N2O3/c1-21-16-8-5-9-18(23)15(16)11-17(21)19(24)20-14(12-22)10-13-6-3-2-4-7-13/h2-9,11,14,22-23H,10,12H2,1H3,(H,20,24). The van der Waals surface area contributed by atoms with Crippen LogP contribution in [0, 0.1) is 0 Å². The molecule has 3 rings (SSSR count). The van der Waals surface area contributed by atoms with Gasteiger partial charge in [0, 0.05) is 12.4 Å². The summed E-state index contributed by atoms with van der Waals surface area (Å²) < 4.78 is 1.74. The van der Waals surface area contributed by atoms with Crippen molar-refractivity contribution < 1.29 is 15.0 Å². The third-order valence-electron chi connectivity index (χ3n) is 4.18. The summed E-state index contributed by atoms with van der Waals surface area (Å²) in [4.78, 5) is 12.6. The predicted molar refractivity (Wildman–Crippen MR) is 93.1 cm³/mol. The van der Waals surface area contributed by atoms with Gasteiger partial charge in [-0.25, -0.2) is 0 Å². The van der Waals surface area contributed by atoms with Crippen molar-refractivity contribution >= 4 is 16.8 Å². The van der Waals surface area contributed by atoms with E-state index in [-0.39, 0.29) is 24.3 Å². The van der Waals surface area contributed by atoms with E-state index >= 15 is 0 Å². The minimum Gasteiger partial charge on any atom is -0.507 e. The minimum atomic E-state index is -0.369. The van der Waals surface area contributed by atoms with Crippen LogP contribution >= 0.6 is 0 Å². The smallest absolute Gasteiger partial charge is 0.268 e. The van der Waals surface area contributed by atoms with Crippen LogP contribution in [-0.2, 0) is 13.5 Å². The van der Waals surface area contributed by atoms with E-state index in [2.05, 4.69) is 5.32 Å². The second-order valence-electron chi connectivity index (χ2n) is 5.84. The van der Waals surface area contributed by atoms with Gasteiger partial charge in [0.25, 0.3) is 5.91 Å². The van der Waals surface area contributed by atoms with Gasteiger partial charge >= 0.3 is 0 Å². The van der Waals surface area contributed by atoms with Crippen molar-refractivity contribution in [3.63, 3.8) is 0 Å². The topological polar surface area (TPSA) is 74.5 Å². The third-order valence-corrected chi connectivity index (χ3v) is 4.18. The van der Waals surface area contributed by atoms with Crippen molar-refractivity contribution in [3.05, 3.63) is 65.9 Å². The summed E-state index contributed by atoms with van der Waals surface area (Å²) in [7, 11) is 1.78. The molecule has 5 heteroatoms. The SMILES string of the molecule is Cn1c(C(=O)NC(CO)Cc2ccccc2)cc2c(O)cccc21. The zero-order chi connectivity index (χ0) is 17.1. The summed E-state index contributed by atoms with van der Waals surface area (Å²) in [6.45, 7) is -0.143. The third kappa shape index (κ3) is 3.12. The van der Waals surface area contributed by atoms with Crippen molar-refractivity contribution in [1.29, 1.82) is 0 Å². The molecular weight excluding hydrogens is 304 g/mol. The number of phenols is 1. The fourth-order valence-electron chi connectivity index (χ4n) is 2.88. The highest BCUT2D eigenvalue weighted by Crippen LogP contribution is 2.27. The number of carbonyl (C=O) groups is 1. The Morgan fingerprint density at radius 1 is 1.17 bits per heavy atom. The van der Waals surface area contributed by atoms with Crippen LogP contribution in [-0.4, -0.2) is 33.3 Å². The van der Waals surface area contributed by atoms with Gasteiger partial charge in [0.15, 0.2) is 0 Å². The molecule has 0 aliphatic rings. The molecule has 124 valence electrons. The van der Waals surface area contributed by atoms with Crippen LogP contribution in [0.25, 0.3) is 10.9 Å². The molecule has 0 aliphatic carbocycles. The molecular formula is C19H20N2O3. The molecule has 0 fully saturated rings. The van der Waals surface area contributed by atoms with Crippen molar-refractivity contribution in [3.8, 4) is 5.75 Å². The number of aryl methyl sites for hydroxylation is 1. The van der Waals surface area contributed by atoms with Crippen molar-refractivity contribution in [2.45, 2.75) is 12.5 Å². The van der Waals surface area contributed by atoms with Crippen LogP contribution in [0.3, 0.4) is 0 Å². The molecule has 0 radical (unpaired) electrons. The van der Waals surface area contributed by atoms with Gasteiger partial charge in [-0.15, -0.1) is 0 Å². The zero-order valence-electron chi connectivity index (χ0n) is 13.4. The van der Waals surface area contributed by atoms with Gasteiger partial charge in [0.05, 0.1) is 18.2 Å². The lowest BCUT2D eigenvalue weighted by Crippen LogP contribution is -2.39. The molecule has 1 atom stereocenters. The lowest BCUT2D eigenvalue weighted by molar-refractivity contribution is 0.0908. The molecule has 0 bridgehead atoms. The fourth-order valence-corrected chi connectivity index (χ4v) is 2.88. The van der Waals surface area contributed by atoms with E-state index in [4.69, 9.17) is 0 Å². The molecule has 1 aromatic heterocycles. The summed E-state index contributed by atoms with van der Waals surface area (Å²) in [6, 6.07) is 16.2. The number of hydrogen-bond acceptors (Lipinski definition) is 3. The van der Waals surface area contributed by atoms with Gasteiger partial charge in [-0.1, -0.05) is 36.4 Å². The van der Waals surface area contributed by atoms with Crippen LogP contribution in [0.15, 0.2) is 54.6 Å². The number of amides is 1. The van der Waals surface area contributed by atoms with Gasteiger partial charge in [-0.05, 0) is 30.2 Å². The number of hydrogen-bond donors (Lipinski definition) is 3. The molecule has 0 saturated heterocycles. The number of rotatable bonds is 5. The van der Waals surface area contributed by atoms with Gasteiger partial charge < -0.3 is 20.1 Å². The van der Waals surface area contributed by atoms with Gasteiger partial charge in [0.1, 0.15) is 11.4 Å². The molecule has 0 saturated carbocycles. The highest BCUT2D eigenvalue weighted by molar-refractivity contribution is 6.00. The summed E-state index contributed by atoms with van der Waals surface area (Å²) in [5.74, 6) is -0.131. The van der Waals surface area contributed by atoms with Crippen LogP contribution < -0.4 is 5.32 Å². The number of aromatic nitrogens is 1. The monoisotopic (exact) mass is 324 g/mol. The van der Waals surface area contributed by atoms with E-state index in [9.17, 15) is 15.0 Å². The number of aliphatic hydroxyl groups is 1. The molecule has 0 spiro atoms. The van der Waals surface area contributed by atoms with E-state index in [1.807, 2.05) is 36.4 Å². The van der Waals surface area contributed by atoms with Gasteiger partial charge in [0.2, 0.25) is 0 Å². The van der Waals surface area contributed by atoms with E-state index in [0.29, 0.717) is 17.5 Å². The molecule has 1 unspecified atom stereocenters. The van der Waals surface area contributed by atoms with Crippen LogP contribution in [0.1, 0.15) is 16.1 Å². The molecule has 2 aromatic carbocycles. The first-order valence-corrected chi connectivity index (χ1v) is 7.83. The Morgan fingerprint density at radius 2 is 1.92 bits per heavy atom. The average molecular weight is 324 g/mol. The molecule has 3 N–H and O–H groups in total. The number of benzene rings is 2. The van der Waals surface area contributed by atoms with E-state index < -0.39 is 0 Å². The minimum absolute atomic E-state index is 0.143. The molecule has 0 aliphatic heterocycles. The number of aliphatic hydroxyl groups excluding tert-OH is 1.